The molecule has 1 aliphatic heterocycles. The number of furan rings is 1. The Morgan fingerprint density at radius 2 is 2.13 bits per heavy atom. The zero-order valence-corrected chi connectivity index (χ0v) is 13.0. The van der Waals surface area contributed by atoms with Crippen LogP contribution in [0.2, 0.25) is 0 Å². The molecular weight excluding hydrogens is 295 g/mol. The lowest BCUT2D eigenvalue weighted by Gasteiger charge is -2.30. The highest BCUT2D eigenvalue weighted by molar-refractivity contribution is 5.76. The van der Waals surface area contributed by atoms with E-state index in [0.717, 1.165) is 19.4 Å². The van der Waals surface area contributed by atoms with E-state index in [1.54, 1.807) is 30.3 Å². The number of benzene rings is 1. The van der Waals surface area contributed by atoms with Gasteiger partial charge in [-0.25, -0.2) is 4.39 Å². The van der Waals surface area contributed by atoms with Gasteiger partial charge in [-0.2, -0.15) is 0 Å². The van der Waals surface area contributed by atoms with E-state index in [2.05, 4.69) is 0 Å². The van der Waals surface area contributed by atoms with Gasteiger partial charge in [-0.05, 0) is 37.1 Å². The molecule has 5 heteroatoms. The van der Waals surface area contributed by atoms with Crippen LogP contribution < -0.4 is 5.73 Å². The van der Waals surface area contributed by atoms with Crippen molar-refractivity contribution in [3.05, 3.63) is 48.0 Å². The minimum atomic E-state index is -0.313. The molecule has 1 fully saturated rings. The quantitative estimate of drug-likeness (QED) is 0.943. The Labute approximate surface area is 135 Å². The van der Waals surface area contributed by atoms with Gasteiger partial charge in [0.25, 0.3) is 0 Å². The lowest BCUT2D eigenvalue weighted by Crippen LogP contribution is -2.45. The fourth-order valence-corrected chi connectivity index (χ4v) is 2.94. The molecule has 3 rings (SSSR count). The van der Waals surface area contributed by atoms with Crippen molar-refractivity contribution < 1.29 is 13.6 Å². The number of carbonyl (C=O) groups excluding carboxylic acids is 1. The first-order valence-corrected chi connectivity index (χ1v) is 8.00. The third kappa shape index (κ3) is 3.79. The average Bonchev–Trinajstić information content (AvgIpc) is 3.02. The number of amides is 1. The van der Waals surface area contributed by atoms with Crippen LogP contribution in [0, 0.1) is 5.82 Å². The summed E-state index contributed by atoms with van der Waals surface area (Å²) in [5, 5.41) is 0. The summed E-state index contributed by atoms with van der Waals surface area (Å²) in [6.45, 7) is 1.42. The number of piperidine rings is 1. The number of hydrogen-bond acceptors (Lipinski definition) is 3. The number of likely N-dealkylation sites (tertiary alicyclic amines) is 1. The van der Waals surface area contributed by atoms with Crippen LogP contribution >= 0.6 is 0 Å². The Kier molecular flexibility index (Phi) is 4.76. The number of aryl methyl sites for hydroxylation is 1. The van der Waals surface area contributed by atoms with Crippen molar-refractivity contribution in [1.29, 1.82) is 0 Å². The Balaban J connectivity index is 1.59. The van der Waals surface area contributed by atoms with E-state index in [1.807, 2.05) is 4.90 Å². The van der Waals surface area contributed by atoms with Crippen LogP contribution in [0.5, 0.6) is 0 Å². The maximum absolute atomic E-state index is 13.7. The van der Waals surface area contributed by atoms with Gasteiger partial charge in [-0.15, -0.1) is 0 Å². The number of rotatable bonds is 4. The molecule has 0 bridgehead atoms. The number of hydrogen-bond donors (Lipinski definition) is 1. The second-order valence-corrected chi connectivity index (χ2v) is 5.99. The van der Waals surface area contributed by atoms with Gasteiger partial charge >= 0.3 is 0 Å². The van der Waals surface area contributed by atoms with E-state index in [0.29, 0.717) is 36.5 Å². The molecule has 2 N–H and O–H groups in total. The maximum atomic E-state index is 13.7. The van der Waals surface area contributed by atoms with Crippen LogP contribution in [0.4, 0.5) is 4.39 Å². The van der Waals surface area contributed by atoms with Crippen LogP contribution in [-0.2, 0) is 11.2 Å². The molecule has 122 valence electrons. The molecule has 0 radical (unpaired) electrons. The molecule has 1 saturated heterocycles. The monoisotopic (exact) mass is 316 g/mol. The van der Waals surface area contributed by atoms with E-state index < -0.39 is 0 Å². The topological polar surface area (TPSA) is 59.5 Å². The third-order valence-electron chi connectivity index (χ3n) is 4.20. The zero-order chi connectivity index (χ0) is 16.2. The lowest BCUT2D eigenvalue weighted by atomic mass is 10.1. The van der Waals surface area contributed by atoms with Crippen molar-refractivity contribution in [3.63, 3.8) is 0 Å². The Bertz CT molecular complexity index is 683. The second-order valence-electron chi connectivity index (χ2n) is 5.99. The van der Waals surface area contributed by atoms with Crippen LogP contribution in [0.3, 0.4) is 0 Å². The van der Waals surface area contributed by atoms with E-state index in [1.165, 1.54) is 6.07 Å². The highest BCUT2D eigenvalue weighted by atomic mass is 19.1. The molecule has 1 aliphatic rings. The van der Waals surface area contributed by atoms with E-state index >= 15 is 0 Å². The van der Waals surface area contributed by atoms with Gasteiger partial charge in [-0.3, -0.25) is 4.79 Å². The summed E-state index contributed by atoms with van der Waals surface area (Å²) in [6.07, 6.45) is 2.84. The van der Waals surface area contributed by atoms with Gasteiger partial charge in [0.15, 0.2) is 0 Å². The Morgan fingerprint density at radius 3 is 2.91 bits per heavy atom. The van der Waals surface area contributed by atoms with Gasteiger partial charge in [0.05, 0.1) is 5.56 Å². The fourth-order valence-electron chi connectivity index (χ4n) is 2.94. The number of halogens is 1. The molecule has 1 amide bonds. The minimum absolute atomic E-state index is 0.0870. The summed E-state index contributed by atoms with van der Waals surface area (Å²) < 4.78 is 19.4. The van der Waals surface area contributed by atoms with Gasteiger partial charge in [0.1, 0.15) is 17.3 Å². The molecule has 0 aliphatic carbocycles. The summed E-state index contributed by atoms with van der Waals surface area (Å²) in [5.41, 5.74) is 6.34. The van der Waals surface area contributed by atoms with Gasteiger partial charge in [-0.1, -0.05) is 12.1 Å². The van der Waals surface area contributed by atoms with E-state index in [9.17, 15) is 9.18 Å². The second kappa shape index (κ2) is 6.96. The van der Waals surface area contributed by atoms with E-state index in [-0.39, 0.29) is 17.8 Å². The molecule has 2 heterocycles. The predicted octanol–water partition coefficient (Wildman–Crippen LogP) is 2.97. The zero-order valence-electron chi connectivity index (χ0n) is 13.0. The molecule has 0 saturated carbocycles. The smallest absolute Gasteiger partial charge is 0.223 e. The molecule has 2 aromatic rings. The fraction of sp³-hybridized carbons (Fsp3) is 0.389. The van der Waals surface area contributed by atoms with Crippen molar-refractivity contribution in [3.8, 4) is 11.3 Å². The Hall–Kier alpha value is -2.14. The van der Waals surface area contributed by atoms with Crippen molar-refractivity contribution in [2.45, 2.75) is 31.7 Å². The first-order valence-electron chi connectivity index (χ1n) is 8.00. The summed E-state index contributed by atoms with van der Waals surface area (Å²) >= 11 is 0. The molecule has 1 atom stereocenters. The summed E-state index contributed by atoms with van der Waals surface area (Å²) in [4.78, 5) is 14.0. The summed E-state index contributed by atoms with van der Waals surface area (Å²) in [5.74, 6) is 0.972. The van der Waals surface area contributed by atoms with Gasteiger partial charge in [0.2, 0.25) is 5.91 Å². The summed E-state index contributed by atoms with van der Waals surface area (Å²) in [7, 11) is 0. The van der Waals surface area contributed by atoms with Crippen molar-refractivity contribution in [2.24, 2.45) is 5.73 Å². The van der Waals surface area contributed by atoms with Crippen molar-refractivity contribution in [1.82, 2.24) is 4.90 Å². The molecule has 23 heavy (non-hydrogen) atoms. The van der Waals surface area contributed by atoms with Crippen LogP contribution in [-0.4, -0.2) is 29.9 Å². The van der Waals surface area contributed by atoms with Crippen molar-refractivity contribution in [2.75, 3.05) is 13.1 Å². The first-order chi connectivity index (χ1) is 11.1. The van der Waals surface area contributed by atoms with Gasteiger partial charge in [0, 0.05) is 32.0 Å². The van der Waals surface area contributed by atoms with Crippen LogP contribution in [0.15, 0.2) is 40.8 Å². The highest BCUT2D eigenvalue weighted by Gasteiger charge is 2.21. The number of nitrogens with two attached hydrogens (primary N) is 1. The normalized spacial score (nSPS) is 18.2. The molecule has 1 aromatic heterocycles. The molecule has 1 unspecified atom stereocenters. The first kappa shape index (κ1) is 15.7. The average molecular weight is 316 g/mol. The van der Waals surface area contributed by atoms with Crippen LogP contribution in [0.25, 0.3) is 11.3 Å². The molecule has 1 aromatic carbocycles. The SMILES string of the molecule is NC1CCCN(C(=O)CCc2ccc(-c3ccccc3F)o2)C1. The molecule has 0 spiro atoms. The molecule has 4 nitrogen and oxygen atoms in total. The highest BCUT2D eigenvalue weighted by Crippen LogP contribution is 2.25. The molecular formula is C18H21FN2O2. The lowest BCUT2D eigenvalue weighted by molar-refractivity contribution is -0.132. The van der Waals surface area contributed by atoms with Crippen molar-refractivity contribution >= 4 is 5.91 Å². The third-order valence-corrected chi connectivity index (χ3v) is 4.20. The number of carbonyl (C=O) groups is 1. The number of nitrogens with zero attached hydrogens (tertiary/aromatic N) is 1. The van der Waals surface area contributed by atoms with E-state index in [4.69, 9.17) is 10.2 Å². The Morgan fingerprint density at radius 1 is 1.30 bits per heavy atom. The van der Waals surface area contributed by atoms with Crippen LogP contribution in [0.1, 0.15) is 25.0 Å². The standard InChI is InChI=1S/C18H21FN2O2/c19-16-6-2-1-5-15(16)17-9-7-14(23-17)8-10-18(22)21-11-3-4-13(20)12-21/h1-2,5-7,9,13H,3-4,8,10-12,20H2. The predicted molar refractivity (Wildman–Crippen MR) is 86.2 cm³/mol. The van der Waals surface area contributed by atoms with Gasteiger partial charge < -0.3 is 15.1 Å². The maximum Gasteiger partial charge on any atom is 0.223 e. The minimum Gasteiger partial charge on any atom is -0.461 e. The summed E-state index contributed by atoms with van der Waals surface area (Å²) in [6, 6.07) is 10.1. The largest absolute Gasteiger partial charge is 0.461 e.